The number of hydrogen-bond acceptors (Lipinski definition) is 3. The maximum atomic E-state index is 11.1. The lowest BCUT2D eigenvalue weighted by atomic mass is 10.5. The lowest BCUT2D eigenvalue weighted by Crippen LogP contribution is -2.34. The van der Waals surface area contributed by atoms with Crippen molar-refractivity contribution in [3.63, 3.8) is 0 Å². The second-order valence-electron chi connectivity index (χ2n) is 2.33. The van der Waals surface area contributed by atoms with E-state index in [0.717, 1.165) is 9.80 Å². The Labute approximate surface area is 73.9 Å². The average Bonchev–Trinajstić information content (AvgIpc) is 2.27. The minimum absolute atomic E-state index is 0.194. The van der Waals surface area contributed by atoms with Gasteiger partial charge in [0.2, 0.25) is 5.91 Å². The molecule has 0 bridgehead atoms. The third-order valence-electron chi connectivity index (χ3n) is 1.56. The Morgan fingerprint density at radius 3 is 2.42 bits per heavy atom. The number of rotatable bonds is 1. The van der Waals surface area contributed by atoms with Crippen LogP contribution in [-0.4, -0.2) is 40.2 Å². The first-order valence-electron chi connectivity index (χ1n) is 3.26. The molecule has 1 heterocycles. The van der Waals surface area contributed by atoms with Gasteiger partial charge in [-0.1, -0.05) is 0 Å². The SMILES string of the molecule is CC(=O)N1CC(=O)N(CCl)C1=O. The van der Waals surface area contributed by atoms with Crippen LogP contribution < -0.4 is 0 Å². The van der Waals surface area contributed by atoms with Crippen LogP contribution >= 0.6 is 11.6 Å². The van der Waals surface area contributed by atoms with Crippen molar-refractivity contribution in [2.75, 3.05) is 12.5 Å². The van der Waals surface area contributed by atoms with Gasteiger partial charge in [0.05, 0.1) is 0 Å². The molecule has 0 unspecified atom stereocenters. The van der Waals surface area contributed by atoms with Crippen molar-refractivity contribution in [1.82, 2.24) is 9.80 Å². The van der Waals surface area contributed by atoms with Crippen molar-refractivity contribution in [3.05, 3.63) is 0 Å². The molecule has 0 aliphatic carbocycles. The molecule has 5 nitrogen and oxygen atoms in total. The number of nitrogens with zero attached hydrogens (tertiary/aromatic N) is 2. The summed E-state index contributed by atoms with van der Waals surface area (Å²) in [6.45, 7) is 1.03. The van der Waals surface area contributed by atoms with Crippen molar-refractivity contribution in [2.24, 2.45) is 0 Å². The van der Waals surface area contributed by atoms with E-state index in [4.69, 9.17) is 11.6 Å². The Balaban J connectivity index is 2.82. The number of imide groups is 2. The molecular formula is C6H7ClN2O3. The maximum Gasteiger partial charge on any atom is 0.334 e. The first kappa shape index (κ1) is 8.99. The van der Waals surface area contributed by atoms with Crippen LogP contribution in [0.15, 0.2) is 0 Å². The van der Waals surface area contributed by atoms with Gasteiger partial charge in [-0.3, -0.25) is 14.5 Å². The van der Waals surface area contributed by atoms with Gasteiger partial charge in [0.25, 0.3) is 5.91 Å². The van der Waals surface area contributed by atoms with Crippen LogP contribution in [0.3, 0.4) is 0 Å². The topological polar surface area (TPSA) is 57.7 Å². The number of carbonyl (C=O) groups excluding carboxylic acids is 3. The molecule has 1 aliphatic heterocycles. The van der Waals surface area contributed by atoms with Gasteiger partial charge < -0.3 is 0 Å². The predicted octanol–water partition coefficient (Wildman–Crippen LogP) is -0.00660. The van der Waals surface area contributed by atoms with Crippen LogP contribution in [0.2, 0.25) is 0 Å². The van der Waals surface area contributed by atoms with E-state index in [9.17, 15) is 14.4 Å². The van der Waals surface area contributed by atoms with Gasteiger partial charge in [0.15, 0.2) is 0 Å². The number of carbonyl (C=O) groups is 3. The van der Waals surface area contributed by atoms with Crippen LogP contribution in [0.5, 0.6) is 0 Å². The molecule has 6 heteroatoms. The second-order valence-corrected chi connectivity index (χ2v) is 2.57. The highest BCUT2D eigenvalue weighted by Crippen LogP contribution is 2.10. The second kappa shape index (κ2) is 3.10. The van der Waals surface area contributed by atoms with E-state index in [0.29, 0.717) is 0 Å². The highest BCUT2D eigenvalue weighted by atomic mass is 35.5. The van der Waals surface area contributed by atoms with E-state index < -0.39 is 17.8 Å². The molecule has 0 aromatic carbocycles. The first-order valence-corrected chi connectivity index (χ1v) is 3.79. The van der Waals surface area contributed by atoms with Gasteiger partial charge >= 0.3 is 6.03 Å². The Hall–Kier alpha value is -1.10. The number of alkyl halides is 1. The number of amides is 4. The molecule has 1 rings (SSSR count). The molecular weight excluding hydrogens is 184 g/mol. The van der Waals surface area contributed by atoms with Gasteiger partial charge in [-0.05, 0) is 0 Å². The Morgan fingerprint density at radius 2 is 2.17 bits per heavy atom. The molecule has 0 atom stereocenters. The summed E-state index contributed by atoms with van der Waals surface area (Å²) in [6, 6.07) is -0.843. The zero-order chi connectivity index (χ0) is 9.30. The molecule has 0 radical (unpaired) electrons. The molecule has 0 N–H and O–H groups in total. The summed E-state index contributed by atoms with van der Waals surface area (Å²) in [5, 5.41) is 0. The largest absolute Gasteiger partial charge is 0.334 e. The third-order valence-corrected chi connectivity index (χ3v) is 1.79. The molecule has 1 aliphatic rings. The van der Waals surface area contributed by atoms with Gasteiger partial charge in [-0.15, -0.1) is 11.6 Å². The van der Waals surface area contributed by atoms with E-state index in [1.807, 2.05) is 0 Å². The van der Waals surface area contributed by atoms with Crippen molar-refractivity contribution in [2.45, 2.75) is 6.92 Å². The standard InChI is InChI=1S/C6H7ClN2O3/c1-4(10)8-2-5(11)9(3-7)6(8)12/h2-3H2,1H3. The molecule has 0 aromatic rings. The molecule has 0 aromatic heterocycles. The van der Waals surface area contributed by atoms with Crippen LogP contribution in [0.25, 0.3) is 0 Å². The minimum atomic E-state index is -0.637. The van der Waals surface area contributed by atoms with Crippen molar-refractivity contribution >= 4 is 29.4 Å². The summed E-state index contributed by atoms with van der Waals surface area (Å²) in [5.74, 6) is -0.883. The van der Waals surface area contributed by atoms with E-state index in [1.54, 1.807) is 0 Å². The van der Waals surface area contributed by atoms with Crippen molar-refractivity contribution in [1.29, 1.82) is 0 Å². The average molecular weight is 191 g/mol. The maximum absolute atomic E-state index is 11.1. The lowest BCUT2D eigenvalue weighted by molar-refractivity contribution is -0.129. The van der Waals surface area contributed by atoms with Crippen molar-refractivity contribution < 1.29 is 14.4 Å². The summed E-state index contributed by atoms with van der Waals surface area (Å²) >= 11 is 5.31. The lowest BCUT2D eigenvalue weighted by Gasteiger charge is -2.10. The van der Waals surface area contributed by atoms with Crippen LogP contribution in [0.4, 0.5) is 4.79 Å². The highest BCUT2D eigenvalue weighted by Gasteiger charge is 2.37. The third kappa shape index (κ3) is 1.27. The molecule has 0 spiro atoms. The summed E-state index contributed by atoms with van der Waals surface area (Å²) < 4.78 is 0. The highest BCUT2D eigenvalue weighted by molar-refractivity contribution is 6.22. The zero-order valence-electron chi connectivity index (χ0n) is 6.41. The molecule has 0 saturated carbocycles. The zero-order valence-corrected chi connectivity index (χ0v) is 7.17. The summed E-state index contributed by atoms with van der Waals surface area (Å²) in [7, 11) is 0. The van der Waals surface area contributed by atoms with E-state index >= 15 is 0 Å². The summed E-state index contributed by atoms with van der Waals surface area (Å²) in [5.41, 5.74) is 0. The molecule has 1 fully saturated rings. The monoisotopic (exact) mass is 190 g/mol. The normalized spacial score (nSPS) is 17.5. The Bertz CT molecular complexity index is 253. The van der Waals surface area contributed by atoms with Crippen LogP contribution in [0.1, 0.15) is 6.92 Å². The van der Waals surface area contributed by atoms with Gasteiger partial charge in [-0.2, -0.15) is 0 Å². The fourth-order valence-corrected chi connectivity index (χ4v) is 1.14. The van der Waals surface area contributed by atoms with Gasteiger partial charge in [-0.25, -0.2) is 9.69 Å². The van der Waals surface area contributed by atoms with Gasteiger partial charge in [0, 0.05) is 6.92 Å². The molecule has 12 heavy (non-hydrogen) atoms. The number of hydrogen-bond donors (Lipinski definition) is 0. The summed E-state index contributed by atoms with van der Waals surface area (Å²) in [4.78, 5) is 34.5. The van der Waals surface area contributed by atoms with E-state index in [1.165, 1.54) is 6.92 Å². The smallest absolute Gasteiger partial charge is 0.275 e. The predicted molar refractivity (Wildman–Crippen MR) is 40.3 cm³/mol. The quantitative estimate of drug-likeness (QED) is 0.332. The Morgan fingerprint density at radius 1 is 1.58 bits per heavy atom. The summed E-state index contributed by atoms with van der Waals surface area (Å²) in [6.07, 6.45) is 0. The van der Waals surface area contributed by atoms with Gasteiger partial charge in [0.1, 0.15) is 12.5 Å². The number of halogens is 1. The number of urea groups is 1. The van der Waals surface area contributed by atoms with Crippen molar-refractivity contribution in [3.8, 4) is 0 Å². The van der Waals surface area contributed by atoms with Crippen LogP contribution in [0, 0.1) is 0 Å². The van der Waals surface area contributed by atoms with E-state index in [-0.39, 0.29) is 12.5 Å². The van der Waals surface area contributed by atoms with E-state index in [2.05, 4.69) is 0 Å². The molecule has 1 saturated heterocycles. The minimum Gasteiger partial charge on any atom is -0.275 e. The molecule has 4 amide bonds. The van der Waals surface area contributed by atoms with Crippen LogP contribution in [-0.2, 0) is 9.59 Å². The fourth-order valence-electron chi connectivity index (χ4n) is 0.904. The fraction of sp³-hybridized carbons (Fsp3) is 0.500. The molecule has 66 valence electrons. The Kier molecular flexibility index (Phi) is 2.32. The first-order chi connectivity index (χ1) is 5.57.